The predicted molar refractivity (Wildman–Crippen MR) is 82.2 cm³/mol. The number of carbonyl (C=O) groups excluding carboxylic acids is 2. The SMILES string of the molecule is CC(=O)C1C(=O)N(Cc2ccccc2)c2cccc(C)c21. The molecule has 3 rings (SSSR count). The maximum Gasteiger partial charge on any atom is 0.242 e. The highest BCUT2D eigenvalue weighted by Crippen LogP contribution is 2.40. The van der Waals surface area contributed by atoms with E-state index in [-0.39, 0.29) is 11.7 Å². The summed E-state index contributed by atoms with van der Waals surface area (Å²) in [5.74, 6) is -0.855. The van der Waals surface area contributed by atoms with Gasteiger partial charge in [-0.2, -0.15) is 0 Å². The lowest BCUT2D eigenvalue weighted by atomic mass is 9.93. The van der Waals surface area contributed by atoms with Crippen LogP contribution in [0.3, 0.4) is 0 Å². The quantitative estimate of drug-likeness (QED) is 0.809. The molecule has 1 aliphatic heterocycles. The molecule has 1 amide bonds. The summed E-state index contributed by atoms with van der Waals surface area (Å²) in [6.07, 6.45) is 0. The van der Waals surface area contributed by atoms with Crippen molar-refractivity contribution in [3.63, 3.8) is 0 Å². The Labute approximate surface area is 124 Å². The second-order valence-corrected chi connectivity index (χ2v) is 5.46. The number of anilines is 1. The molecule has 3 nitrogen and oxygen atoms in total. The molecule has 2 aromatic carbocycles. The van der Waals surface area contributed by atoms with E-state index in [4.69, 9.17) is 0 Å². The van der Waals surface area contributed by atoms with Gasteiger partial charge in [0.05, 0.1) is 6.54 Å². The van der Waals surface area contributed by atoms with Crippen molar-refractivity contribution in [3.8, 4) is 0 Å². The third-order valence-corrected chi connectivity index (χ3v) is 3.98. The van der Waals surface area contributed by atoms with Crippen LogP contribution >= 0.6 is 0 Å². The van der Waals surface area contributed by atoms with Crippen LogP contribution in [-0.4, -0.2) is 11.7 Å². The minimum atomic E-state index is -0.648. The van der Waals surface area contributed by atoms with Gasteiger partial charge in [-0.1, -0.05) is 42.5 Å². The van der Waals surface area contributed by atoms with Crippen molar-refractivity contribution < 1.29 is 9.59 Å². The largest absolute Gasteiger partial charge is 0.307 e. The van der Waals surface area contributed by atoms with E-state index in [9.17, 15) is 9.59 Å². The van der Waals surface area contributed by atoms with Crippen molar-refractivity contribution >= 4 is 17.4 Å². The smallest absolute Gasteiger partial charge is 0.242 e. The van der Waals surface area contributed by atoms with Crippen molar-refractivity contribution in [2.24, 2.45) is 0 Å². The summed E-state index contributed by atoms with van der Waals surface area (Å²) in [5, 5.41) is 0. The van der Waals surface area contributed by atoms with Gasteiger partial charge in [0.2, 0.25) is 5.91 Å². The molecule has 1 heterocycles. The first-order valence-corrected chi connectivity index (χ1v) is 7.05. The van der Waals surface area contributed by atoms with Crippen LogP contribution in [0.15, 0.2) is 48.5 Å². The van der Waals surface area contributed by atoms with Gasteiger partial charge in [0.15, 0.2) is 0 Å². The van der Waals surface area contributed by atoms with Gasteiger partial charge >= 0.3 is 0 Å². The van der Waals surface area contributed by atoms with E-state index in [1.807, 2.05) is 55.5 Å². The lowest BCUT2D eigenvalue weighted by Gasteiger charge is -2.18. The monoisotopic (exact) mass is 279 g/mol. The second-order valence-electron chi connectivity index (χ2n) is 5.46. The summed E-state index contributed by atoms with van der Waals surface area (Å²) in [5.41, 5.74) is 3.79. The maximum absolute atomic E-state index is 12.7. The van der Waals surface area contributed by atoms with E-state index in [1.165, 1.54) is 6.92 Å². The molecule has 21 heavy (non-hydrogen) atoms. The average Bonchev–Trinajstić information content (AvgIpc) is 2.75. The minimum absolute atomic E-state index is 0.0916. The Morgan fingerprint density at radius 3 is 2.48 bits per heavy atom. The van der Waals surface area contributed by atoms with Crippen LogP contribution in [0, 0.1) is 6.92 Å². The summed E-state index contributed by atoms with van der Waals surface area (Å²) in [4.78, 5) is 26.3. The molecule has 1 aliphatic rings. The zero-order chi connectivity index (χ0) is 15.0. The molecule has 0 saturated heterocycles. The average molecular weight is 279 g/mol. The van der Waals surface area contributed by atoms with Crippen LogP contribution in [0.5, 0.6) is 0 Å². The van der Waals surface area contributed by atoms with E-state index >= 15 is 0 Å². The molecule has 2 aromatic rings. The van der Waals surface area contributed by atoms with Gasteiger partial charge in [-0.3, -0.25) is 9.59 Å². The summed E-state index contributed by atoms with van der Waals surface area (Å²) >= 11 is 0. The molecule has 0 bridgehead atoms. The third-order valence-electron chi connectivity index (χ3n) is 3.98. The number of amides is 1. The molecule has 0 aromatic heterocycles. The van der Waals surface area contributed by atoms with Gasteiger partial charge in [-0.25, -0.2) is 0 Å². The van der Waals surface area contributed by atoms with Crippen molar-refractivity contribution in [2.45, 2.75) is 26.3 Å². The number of benzene rings is 2. The molecule has 1 atom stereocenters. The summed E-state index contributed by atoms with van der Waals surface area (Å²) in [6.45, 7) is 3.94. The van der Waals surface area contributed by atoms with Crippen LogP contribution < -0.4 is 4.90 Å². The molecular formula is C18H17NO2. The van der Waals surface area contributed by atoms with Gasteiger partial charge in [0, 0.05) is 5.69 Å². The van der Waals surface area contributed by atoms with Crippen molar-refractivity contribution in [2.75, 3.05) is 4.90 Å². The molecular weight excluding hydrogens is 262 g/mol. The normalized spacial score (nSPS) is 17.0. The van der Waals surface area contributed by atoms with E-state index < -0.39 is 5.92 Å². The third kappa shape index (κ3) is 2.25. The van der Waals surface area contributed by atoms with E-state index in [2.05, 4.69) is 0 Å². The van der Waals surface area contributed by atoms with Gasteiger partial charge in [0.1, 0.15) is 11.7 Å². The fourth-order valence-corrected chi connectivity index (χ4v) is 2.98. The van der Waals surface area contributed by atoms with Crippen LogP contribution in [0.1, 0.15) is 29.5 Å². The summed E-state index contributed by atoms with van der Waals surface area (Å²) < 4.78 is 0. The van der Waals surface area contributed by atoms with Crippen molar-refractivity contribution in [3.05, 3.63) is 65.2 Å². The standard InChI is InChI=1S/C18H17NO2/c1-12-7-6-10-15-16(12)17(13(2)20)18(21)19(15)11-14-8-4-3-5-9-14/h3-10,17H,11H2,1-2H3. The fourth-order valence-electron chi connectivity index (χ4n) is 2.98. The Morgan fingerprint density at radius 2 is 1.81 bits per heavy atom. The number of Topliss-reactive ketones (excluding diaryl/α,β-unsaturated/α-hetero) is 1. The topological polar surface area (TPSA) is 37.4 Å². The summed E-state index contributed by atoms with van der Waals surface area (Å²) in [6, 6.07) is 15.6. The van der Waals surface area contributed by atoms with Crippen LogP contribution in [-0.2, 0) is 16.1 Å². The lowest BCUT2D eigenvalue weighted by molar-refractivity contribution is -0.127. The lowest BCUT2D eigenvalue weighted by Crippen LogP contribution is -2.30. The first-order valence-electron chi connectivity index (χ1n) is 7.05. The number of fused-ring (bicyclic) bond motifs is 1. The van der Waals surface area contributed by atoms with Crippen molar-refractivity contribution in [1.82, 2.24) is 0 Å². The first-order chi connectivity index (χ1) is 10.1. The Kier molecular flexibility index (Phi) is 3.34. The zero-order valence-electron chi connectivity index (χ0n) is 12.2. The Balaban J connectivity index is 2.05. The number of hydrogen-bond donors (Lipinski definition) is 0. The molecule has 0 spiro atoms. The van der Waals surface area contributed by atoms with E-state index in [0.29, 0.717) is 6.54 Å². The predicted octanol–water partition coefficient (Wildman–Crippen LogP) is 3.21. The van der Waals surface area contributed by atoms with E-state index in [1.54, 1.807) is 4.90 Å². The fraction of sp³-hybridized carbons (Fsp3) is 0.222. The van der Waals surface area contributed by atoms with Gasteiger partial charge in [-0.15, -0.1) is 0 Å². The molecule has 1 unspecified atom stereocenters. The molecule has 106 valence electrons. The van der Waals surface area contributed by atoms with Crippen LogP contribution in [0.25, 0.3) is 0 Å². The molecule has 0 N–H and O–H groups in total. The number of rotatable bonds is 3. The Bertz CT molecular complexity index is 706. The number of ketones is 1. The minimum Gasteiger partial charge on any atom is -0.307 e. The maximum atomic E-state index is 12.7. The summed E-state index contributed by atoms with van der Waals surface area (Å²) in [7, 11) is 0. The highest BCUT2D eigenvalue weighted by atomic mass is 16.2. The number of hydrogen-bond acceptors (Lipinski definition) is 2. The molecule has 3 heteroatoms. The number of carbonyl (C=O) groups is 2. The molecule has 0 radical (unpaired) electrons. The highest BCUT2D eigenvalue weighted by Gasteiger charge is 2.40. The number of nitrogens with zero attached hydrogens (tertiary/aromatic N) is 1. The van der Waals surface area contributed by atoms with Gasteiger partial charge < -0.3 is 4.90 Å². The highest BCUT2D eigenvalue weighted by molar-refractivity contribution is 6.17. The number of aryl methyl sites for hydroxylation is 1. The van der Waals surface area contributed by atoms with Crippen molar-refractivity contribution in [1.29, 1.82) is 0 Å². The second kappa shape index (κ2) is 5.17. The molecule has 0 saturated carbocycles. The zero-order valence-corrected chi connectivity index (χ0v) is 12.2. The first kappa shape index (κ1) is 13.6. The molecule has 0 aliphatic carbocycles. The van der Waals surface area contributed by atoms with Gasteiger partial charge in [-0.05, 0) is 36.6 Å². The van der Waals surface area contributed by atoms with Gasteiger partial charge in [0.25, 0.3) is 0 Å². The van der Waals surface area contributed by atoms with Crippen LogP contribution in [0.4, 0.5) is 5.69 Å². The molecule has 0 fully saturated rings. The van der Waals surface area contributed by atoms with E-state index in [0.717, 1.165) is 22.4 Å². The Morgan fingerprint density at radius 1 is 1.10 bits per heavy atom. The Hall–Kier alpha value is -2.42. The van der Waals surface area contributed by atoms with Crippen LogP contribution in [0.2, 0.25) is 0 Å².